The van der Waals surface area contributed by atoms with E-state index in [4.69, 9.17) is 9.47 Å². The summed E-state index contributed by atoms with van der Waals surface area (Å²) in [4.78, 5) is 23.6. The van der Waals surface area contributed by atoms with Crippen LogP contribution in [0.5, 0.6) is 11.5 Å². The second-order valence-electron chi connectivity index (χ2n) is 6.31. The van der Waals surface area contributed by atoms with Crippen LogP contribution in [0.4, 0.5) is 0 Å². The largest absolute Gasteiger partial charge is 0.493 e. The van der Waals surface area contributed by atoms with Crippen LogP contribution in [0, 0.1) is 5.92 Å². The van der Waals surface area contributed by atoms with Gasteiger partial charge in [-0.1, -0.05) is 19.9 Å². The van der Waals surface area contributed by atoms with Crippen LogP contribution >= 0.6 is 0 Å². The monoisotopic (exact) mass is 351 g/mol. The number of carboxylic acids is 1. The van der Waals surface area contributed by atoms with Crippen LogP contribution in [0.2, 0.25) is 0 Å². The van der Waals surface area contributed by atoms with Crippen LogP contribution in [0.1, 0.15) is 31.9 Å². The zero-order valence-corrected chi connectivity index (χ0v) is 14.8. The number of carbonyl (C=O) groups excluding carboxylic acids is 1. The number of benzene rings is 1. The van der Waals surface area contributed by atoms with E-state index in [1.807, 2.05) is 18.2 Å². The molecule has 1 aromatic rings. The molecule has 1 amide bonds. The SMILES string of the molecule is COc1ccc(C2CC(C(=O)N[C@@H](C(=O)O)C(C)C)NN2)cc1OC. The quantitative estimate of drug-likeness (QED) is 0.576. The lowest BCUT2D eigenvalue weighted by atomic mass is 10.00. The molecule has 2 unspecified atom stereocenters. The van der Waals surface area contributed by atoms with Crippen molar-refractivity contribution in [2.24, 2.45) is 5.92 Å². The first-order valence-corrected chi connectivity index (χ1v) is 8.13. The number of rotatable bonds is 7. The molecular formula is C17H25N3O5. The number of hydrogen-bond donors (Lipinski definition) is 4. The fourth-order valence-electron chi connectivity index (χ4n) is 2.78. The van der Waals surface area contributed by atoms with Gasteiger partial charge in [0, 0.05) is 6.04 Å². The zero-order chi connectivity index (χ0) is 18.6. The van der Waals surface area contributed by atoms with Crippen molar-refractivity contribution in [3.63, 3.8) is 0 Å². The molecule has 0 bridgehead atoms. The molecule has 25 heavy (non-hydrogen) atoms. The summed E-state index contributed by atoms with van der Waals surface area (Å²) in [6.07, 6.45) is 0.492. The van der Waals surface area contributed by atoms with Crippen LogP contribution in [-0.2, 0) is 9.59 Å². The highest BCUT2D eigenvalue weighted by atomic mass is 16.5. The first kappa shape index (κ1) is 19.0. The molecule has 1 aliphatic heterocycles. The molecule has 0 saturated carbocycles. The molecule has 2 rings (SSSR count). The Balaban J connectivity index is 2.03. The van der Waals surface area contributed by atoms with Gasteiger partial charge in [-0.25, -0.2) is 15.6 Å². The molecule has 0 spiro atoms. The lowest BCUT2D eigenvalue weighted by Crippen LogP contribution is -2.51. The van der Waals surface area contributed by atoms with E-state index in [0.29, 0.717) is 17.9 Å². The Morgan fingerprint density at radius 3 is 2.44 bits per heavy atom. The summed E-state index contributed by atoms with van der Waals surface area (Å²) in [7, 11) is 3.14. The fraction of sp³-hybridized carbons (Fsp3) is 0.529. The standard InChI is InChI=1S/C17H25N3O5/c1-9(2)15(17(22)23)18-16(21)12-8-11(19-20-12)10-5-6-13(24-3)14(7-10)25-4/h5-7,9,11-12,15,19-20H,8H2,1-4H3,(H,18,21)(H,22,23)/t11?,12?,15-/m1/s1. The van der Waals surface area contributed by atoms with Crippen molar-refractivity contribution < 1.29 is 24.2 Å². The van der Waals surface area contributed by atoms with E-state index in [9.17, 15) is 14.7 Å². The van der Waals surface area contributed by atoms with E-state index >= 15 is 0 Å². The van der Waals surface area contributed by atoms with Crippen LogP contribution in [0.25, 0.3) is 0 Å². The minimum atomic E-state index is -1.04. The van der Waals surface area contributed by atoms with Crippen molar-refractivity contribution in [3.05, 3.63) is 23.8 Å². The number of carboxylic acid groups (broad SMARTS) is 1. The Morgan fingerprint density at radius 2 is 1.88 bits per heavy atom. The third-order valence-corrected chi connectivity index (χ3v) is 4.26. The van der Waals surface area contributed by atoms with Gasteiger partial charge in [0.05, 0.1) is 14.2 Å². The summed E-state index contributed by atoms with van der Waals surface area (Å²) in [6.45, 7) is 3.51. The summed E-state index contributed by atoms with van der Waals surface area (Å²) >= 11 is 0. The Kier molecular flexibility index (Phi) is 6.22. The number of methoxy groups -OCH3 is 2. The molecule has 8 heteroatoms. The third-order valence-electron chi connectivity index (χ3n) is 4.26. The van der Waals surface area contributed by atoms with Gasteiger partial charge < -0.3 is 19.9 Å². The maximum absolute atomic E-state index is 12.3. The Morgan fingerprint density at radius 1 is 1.20 bits per heavy atom. The number of amides is 1. The minimum absolute atomic E-state index is 0.0992. The minimum Gasteiger partial charge on any atom is -0.493 e. The van der Waals surface area contributed by atoms with Gasteiger partial charge in [0.15, 0.2) is 11.5 Å². The van der Waals surface area contributed by atoms with Crippen LogP contribution in [0.15, 0.2) is 18.2 Å². The number of hydrogen-bond acceptors (Lipinski definition) is 6. The summed E-state index contributed by atoms with van der Waals surface area (Å²) in [5.41, 5.74) is 6.94. The maximum atomic E-state index is 12.3. The number of aliphatic carboxylic acids is 1. The van der Waals surface area contributed by atoms with E-state index in [1.165, 1.54) is 0 Å². The molecule has 8 nitrogen and oxygen atoms in total. The van der Waals surface area contributed by atoms with Crippen molar-refractivity contribution in [1.82, 2.24) is 16.2 Å². The normalized spacial score (nSPS) is 21.0. The molecule has 0 aliphatic carbocycles. The van der Waals surface area contributed by atoms with Gasteiger partial charge in [-0.05, 0) is 30.0 Å². The molecule has 1 heterocycles. The van der Waals surface area contributed by atoms with Crippen LogP contribution in [0.3, 0.4) is 0 Å². The Bertz CT molecular complexity index is 635. The molecule has 4 N–H and O–H groups in total. The highest BCUT2D eigenvalue weighted by molar-refractivity contribution is 5.87. The fourth-order valence-corrected chi connectivity index (χ4v) is 2.78. The van der Waals surface area contributed by atoms with Crippen molar-refractivity contribution in [3.8, 4) is 11.5 Å². The van der Waals surface area contributed by atoms with Gasteiger partial charge in [-0.15, -0.1) is 0 Å². The maximum Gasteiger partial charge on any atom is 0.326 e. The van der Waals surface area contributed by atoms with Gasteiger partial charge >= 0.3 is 5.97 Å². The van der Waals surface area contributed by atoms with Gasteiger partial charge in [-0.2, -0.15) is 0 Å². The van der Waals surface area contributed by atoms with E-state index in [-0.39, 0.29) is 17.9 Å². The lowest BCUT2D eigenvalue weighted by Gasteiger charge is -2.20. The van der Waals surface area contributed by atoms with Crippen LogP contribution in [-0.4, -0.2) is 43.3 Å². The molecule has 3 atom stereocenters. The Labute approximate surface area is 146 Å². The lowest BCUT2D eigenvalue weighted by molar-refractivity contribution is -0.143. The number of hydrazine groups is 1. The third kappa shape index (κ3) is 4.40. The molecule has 0 aromatic heterocycles. The number of ether oxygens (including phenoxy) is 2. The smallest absolute Gasteiger partial charge is 0.326 e. The molecule has 0 radical (unpaired) electrons. The molecule has 1 aromatic carbocycles. The zero-order valence-electron chi connectivity index (χ0n) is 14.8. The van der Waals surface area contributed by atoms with E-state index in [0.717, 1.165) is 5.56 Å². The van der Waals surface area contributed by atoms with Gasteiger partial charge in [0.2, 0.25) is 5.91 Å². The summed E-state index contributed by atoms with van der Waals surface area (Å²) in [5.74, 6) is -0.326. The van der Waals surface area contributed by atoms with Crippen molar-refractivity contribution in [1.29, 1.82) is 0 Å². The van der Waals surface area contributed by atoms with Gasteiger partial charge in [0.25, 0.3) is 0 Å². The van der Waals surface area contributed by atoms with E-state index in [2.05, 4.69) is 16.2 Å². The number of nitrogens with one attached hydrogen (secondary N) is 3. The highest BCUT2D eigenvalue weighted by Gasteiger charge is 2.33. The van der Waals surface area contributed by atoms with Gasteiger partial charge in [0.1, 0.15) is 12.1 Å². The number of carbonyl (C=O) groups is 2. The second-order valence-corrected chi connectivity index (χ2v) is 6.31. The van der Waals surface area contributed by atoms with Crippen molar-refractivity contribution >= 4 is 11.9 Å². The average Bonchev–Trinajstić information content (AvgIpc) is 3.08. The summed E-state index contributed by atoms with van der Waals surface area (Å²) in [6, 6.07) is 4.04. The molecule has 1 saturated heterocycles. The van der Waals surface area contributed by atoms with Crippen molar-refractivity contribution in [2.75, 3.05) is 14.2 Å². The first-order valence-electron chi connectivity index (χ1n) is 8.13. The van der Waals surface area contributed by atoms with E-state index in [1.54, 1.807) is 28.1 Å². The first-order chi connectivity index (χ1) is 11.9. The Hall–Kier alpha value is -2.32. The molecule has 1 fully saturated rings. The second kappa shape index (κ2) is 8.17. The summed E-state index contributed by atoms with van der Waals surface area (Å²) in [5, 5.41) is 11.8. The topological polar surface area (TPSA) is 109 Å². The predicted octanol–water partition coefficient (Wildman–Crippen LogP) is 0.837. The van der Waals surface area contributed by atoms with Crippen LogP contribution < -0.4 is 25.6 Å². The molecular weight excluding hydrogens is 326 g/mol. The van der Waals surface area contributed by atoms with Gasteiger partial charge in [-0.3, -0.25) is 4.79 Å². The molecule has 1 aliphatic rings. The highest BCUT2D eigenvalue weighted by Crippen LogP contribution is 2.32. The summed E-state index contributed by atoms with van der Waals surface area (Å²) < 4.78 is 10.5. The molecule has 138 valence electrons. The average molecular weight is 351 g/mol. The van der Waals surface area contributed by atoms with E-state index < -0.39 is 18.1 Å². The van der Waals surface area contributed by atoms with Crippen molar-refractivity contribution in [2.45, 2.75) is 38.4 Å². The predicted molar refractivity (Wildman–Crippen MR) is 91.4 cm³/mol.